The van der Waals surface area contributed by atoms with Crippen molar-refractivity contribution in [1.29, 1.82) is 0 Å². The molecule has 1 nitrogen and oxygen atoms in total. The van der Waals surface area contributed by atoms with Gasteiger partial charge >= 0.3 is 0 Å². The third kappa shape index (κ3) is 2.59. The Morgan fingerprint density at radius 3 is 2.64 bits per heavy atom. The van der Waals surface area contributed by atoms with E-state index in [1.165, 1.54) is 7.11 Å². The predicted molar refractivity (Wildman–Crippen MR) is 56.8 cm³/mol. The molecule has 1 rings (SSSR count). The number of methoxy groups -OCH3 is 1. The van der Waals surface area contributed by atoms with Crippen LogP contribution < -0.4 is 4.74 Å². The van der Waals surface area contributed by atoms with Gasteiger partial charge in [0.1, 0.15) is 0 Å². The number of halogens is 1. The number of rotatable bonds is 3. The fourth-order valence-corrected chi connectivity index (χ4v) is 1.11. The van der Waals surface area contributed by atoms with Crippen LogP contribution in [0.3, 0.4) is 0 Å². The van der Waals surface area contributed by atoms with Gasteiger partial charge in [-0.2, -0.15) is 0 Å². The molecule has 0 saturated heterocycles. The van der Waals surface area contributed by atoms with E-state index in [-0.39, 0.29) is 11.6 Å². The molecule has 0 amide bonds. The molecule has 0 aliphatic rings. The second-order valence-electron chi connectivity index (χ2n) is 3.47. The van der Waals surface area contributed by atoms with Gasteiger partial charge in [0.2, 0.25) is 0 Å². The van der Waals surface area contributed by atoms with Crippen LogP contribution in [0.4, 0.5) is 4.39 Å². The minimum Gasteiger partial charge on any atom is -0.494 e. The number of hydrogen-bond donors (Lipinski definition) is 0. The number of hydrogen-bond acceptors (Lipinski definition) is 1. The lowest BCUT2D eigenvalue weighted by atomic mass is 10.1. The van der Waals surface area contributed by atoms with Crippen LogP contribution in [-0.4, -0.2) is 7.11 Å². The molecule has 1 aromatic rings. The van der Waals surface area contributed by atoms with Crippen LogP contribution >= 0.6 is 0 Å². The topological polar surface area (TPSA) is 9.23 Å². The minimum atomic E-state index is -0.299. The first-order valence-corrected chi connectivity index (χ1v) is 4.66. The molecule has 0 bridgehead atoms. The number of ether oxygens (including phenoxy) is 1. The average molecular weight is 194 g/mol. The van der Waals surface area contributed by atoms with Crippen LogP contribution in [0.2, 0.25) is 0 Å². The summed E-state index contributed by atoms with van der Waals surface area (Å²) in [5, 5.41) is 0. The molecular formula is C12H15FO. The molecule has 0 heterocycles. The molecule has 0 fully saturated rings. The first kappa shape index (κ1) is 10.8. The second-order valence-corrected chi connectivity index (χ2v) is 3.47. The van der Waals surface area contributed by atoms with Crippen molar-refractivity contribution in [2.45, 2.75) is 13.8 Å². The molecule has 0 unspecified atom stereocenters. The lowest BCUT2D eigenvalue weighted by molar-refractivity contribution is 0.386. The zero-order valence-electron chi connectivity index (χ0n) is 8.75. The third-order valence-corrected chi connectivity index (χ3v) is 1.87. The normalized spacial score (nSPS) is 11.2. The maximum absolute atomic E-state index is 13.5. The molecule has 0 radical (unpaired) electrons. The Labute approximate surface area is 84.2 Å². The van der Waals surface area contributed by atoms with Crippen molar-refractivity contribution >= 4 is 6.08 Å². The Morgan fingerprint density at radius 1 is 1.36 bits per heavy atom. The summed E-state index contributed by atoms with van der Waals surface area (Å²) in [6, 6.07) is 5.13. The van der Waals surface area contributed by atoms with Crippen LogP contribution in [0, 0.1) is 11.7 Å². The highest BCUT2D eigenvalue weighted by Crippen LogP contribution is 2.21. The molecule has 0 spiro atoms. The van der Waals surface area contributed by atoms with Gasteiger partial charge in [-0.3, -0.25) is 0 Å². The summed E-state index contributed by atoms with van der Waals surface area (Å²) in [6.45, 7) is 4.10. The Hall–Kier alpha value is -1.31. The van der Waals surface area contributed by atoms with Gasteiger partial charge in [-0.1, -0.05) is 38.1 Å². The highest BCUT2D eigenvalue weighted by Gasteiger charge is 2.04. The summed E-state index contributed by atoms with van der Waals surface area (Å²) in [5.41, 5.74) is 0.568. The highest BCUT2D eigenvalue weighted by molar-refractivity contribution is 5.53. The highest BCUT2D eigenvalue weighted by atomic mass is 19.1. The Bertz CT molecular complexity index is 329. The molecular weight excluding hydrogens is 179 g/mol. The van der Waals surface area contributed by atoms with Gasteiger partial charge in [0.15, 0.2) is 11.6 Å². The van der Waals surface area contributed by atoms with Crippen LogP contribution in [-0.2, 0) is 0 Å². The van der Waals surface area contributed by atoms with Crippen molar-refractivity contribution in [3.8, 4) is 5.75 Å². The van der Waals surface area contributed by atoms with Gasteiger partial charge in [-0.15, -0.1) is 0 Å². The molecule has 2 heteroatoms. The van der Waals surface area contributed by atoms with E-state index in [0.717, 1.165) is 0 Å². The van der Waals surface area contributed by atoms with Crippen molar-refractivity contribution in [3.05, 3.63) is 35.7 Å². The standard InChI is InChI=1S/C12H15FO/c1-9(2)7-8-10-5-4-6-11(14-3)12(10)13/h4-9H,1-3H3/b8-7+. The van der Waals surface area contributed by atoms with E-state index in [0.29, 0.717) is 11.5 Å². The average Bonchev–Trinajstić information content (AvgIpc) is 2.16. The summed E-state index contributed by atoms with van der Waals surface area (Å²) < 4.78 is 18.4. The Balaban J connectivity index is 2.98. The van der Waals surface area contributed by atoms with Gasteiger partial charge in [0.05, 0.1) is 7.11 Å². The van der Waals surface area contributed by atoms with Gasteiger partial charge in [-0.05, 0) is 12.0 Å². The molecule has 1 aromatic carbocycles. The van der Waals surface area contributed by atoms with E-state index < -0.39 is 0 Å². The summed E-state index contributed by atoms with van der Waals surface area (Å²) in [7, 11) is 1.47. The van der Waals surface area contributed by atoms with Crippen LogP contribution in [0.5, 0.6) is 5.75 Å². The molecule has 0 aliphatic heterocycles. The van der Waals surface area contributed by atoms with Crippen LogP contribution in [0.1, 0.15) is 19.4 Å². The largest absolute Gasteiger partial charge is 0.494 e. The number of allylic oxidation sites excluding steroid dienone is 1. The molecule has 0 aliphatic carbocycles. The van der Waals surface area contributed by atoms with Crippen molar-refractivity contribution in [1.82, 2.24) is 0 Å². The Morgan fingerprint density at radius 2 is 2.07 bits per heavy atom. The summed E-state index contributed by atoms with van der Waals surface area (Å²) >= 11 is 0. The van der Waals surface area contributed by atoms with E-state index in [1.807, 2.05) is 6.08 Å². The summed E-state index contributed by atoms with van der Waals surface area (Å²) in [6.07, 6.45) is 3.74. The van der Waals surface area contributed by atoms with Gasteiger partial charge in [0.25, 0.3) is 0 Å². The molecule has 0 atom stereocenters. The van der Waals surface area contributed by atoms with Gasteiger partial charge < -0.3 is 4.74 Å². The summed E-state index contributed by atoms with van der Waals surface area (Å²) in [4.78, 5) is 0. The van der Waals surface area contributed by atoms with E-state index in [2.05, 4.69) is 13.8 Å². The molecule has 14 heavy (non-hydrogen) atoms. The monoisotopic (exact) mass is 194 g/mol. The maximum Gasteiger partial charge on any atom is 0.172 e. The van der Waals surface area contributed by atoms with Crippen molar-refractivity contribution in [2.75, 3.05) is 7.11 Å². The van der Waals surface area contributed by atoms with Crippen molar-refractivity contribution < 1.29 is 9.13 Å². The lowest BCUT2D eigenvalue weighted by Gasteiger charge is -2.03. The quantitative estimate of drug-likeness (QED) is 0.715. The molecule has 0 saturated carbocycles. The van der Waals surface area contributed by atoms with Crippen LogP contribution in [0.25, 0.3) is 6.08 Å². The minimum absolute atomic E-state index is 0.288. The first-order valence-electron chi connectivity index (χ1n) is 4.66. The van der Waals surface area contributed by atoms with E-state index in [4.69, 9.17) is 4.74 Å². The first-order chi connectivity index (χ1) is 6.65. The van der Waals surface area contributed by atoms with Crippen molar-refractivity contribution in [2.24, 2.45) is 5.92 Å². The van der Waals surface area contributed by atoms with Gasteiger partial charge in [0, 0.05) is 5.56 Å². The Kier molecular flexibility index (Phi) is 3.69. The summed E-state index contributed by atoms with van der Waals surface area (Å²) in [5.74, 6) is 0.406. The van der Waals surface area contributed by atoms with E-state index in [9.17, 15) is 4.39 Å². The van der Waals surface area contributed by atoms with E-state index >= 15 is 0 Å². The zero-order valence-corrected chi connectivity index (χ0v) is 8.75. The number of benzene rings is 1. The lowest BCUT2D eigenvalue weighted by Crippen LogP contribution is -1.90. The smallest absolute Gasteiger partial charge is 0.172 e. The van der Waals surface area contributed by atoms with E-state index in [1.54, 1.807) is 24.3 Å². The maximum atomic E-state index is 13.5. The fraction of sp³-hybridized carbons (Fsp3) is 0.333. The zero-order chi connectivity index (χ0) is 10.6. The van der Waals surface area contributed by atoms with Crippen LogP contribution in [0.15, 0.2) is 24.3 Å². The fourth-order valence-electron chi connectivity index (χ4n) is 1.11. The van der Waals surface area contributed by atoms with Crippen molar-refractivity contribution in [3.63, 3.8) is 0 Å². The third-order valence-electron chi connectivity index (χ3n) is 1.87. The molecule has 0 N–H and O–H groups in total. The molecule has 0 aromatic heterocycles. The molecule has 76 valence electrons. The predicted octanol–water partition coefficient (Wildman–Crippen LogP) is 3.50. The second kappa shape index (κ2) is 4.80. The van der Waals surface area contributed by atoms with Gasteiger partial charge in [-0.25, -0.2) is 4.39 Å². The SMILES string of the molecule is COc1cccc(/C=C/C(C)C)c1F.